The quantitative estimate of drug-likeness (QED) is 0.0369. The largest absolute Gasteiger partial charge is 0.462 e. The molecule has 0 aromatic carbocycles. The van der Waals surface area contributed by atoms with Crippen LogP contribution in [0.3, 0.4) is 0 Å². The maximum Gasteiger partial charge on any atom is 0.306 e. The van der Waals surface area contributed by atoms with E-state index in [4.69, 9.17) is 14.2 Å². The Bertz CT molecular complexity index is 723. The van der Waals surface area contributed by atoms with E-state index in [1.54, 1.807) is 0 Å². The molecule has 0 radical (unpaired) electrons. The molecule has 0 bridgehead atoms. The number of carbonyl (C=O) groups is 3. The van der Waals surface area contributed by atoms with Gasteiger partial charge in [-0.3, -0.25) is 14.4 Å². The van der Waals surface area contributed by atoms with Crippen LogP contribution >= 0.6 is 0 Å². The van der Waals surface area contributed by atoms with Crippen LogP contribution in [0.5, 0.6) is 0 Å². The summed E-state index contributed by atoms with van der Waals surface area (Å²) in [4.78, 5) is 37.4. The summed E-state index contributed by atoms with van der Waals surface area (Å²) in [6.45, 7) is 8.91. The summed E-state index contributed by atoms with van der Waals surface area (Å²) in [6, 6.07) is 0. The number of rotatable bonds is 37. The molecule has 0 amide bonds. The van der Waals surface area contributed by atoms with Crippen molar-refractivity contribution in [2.24, 2.45) is 5.92 Å². The van der Waals surface area contributed by atoms with Gasteiger partial charge < -0.3 is 14.2 Å². The van der Waals surface area contributed by atoms with E-state index in [2.05, 4.69) is 27.7 Å². The predicted octanol–water partition coefficient (Wildman–Crippen LogP) is 12.8. The second-order valence-electron chi connectivity index (χ2n) is 14.5. The highest BCUT2D eigenvalue weighted by Crippen LogP contribution is 2.16. The summed E-state index contributed by atoms with van der Waals surface area (Å²) in [7, 11) is 0. The molecule has 0 heterocycles. The number of esters is 3. The Morgan fingerprint density at radius 1 is 0.417 bits per heavy atom. The van der Waals surface area contributed by atoms with Crippen molar-refractivity contribution < 1.29 is 28.6 Å². The first-order chi connectivity index (χ1) is 23.4. The van der Waals surface area contributed by atoms with E-state index in [0.29, 0.717) is 19.3 Å². The molecule has 284 valence electrons. The van der Waals surface area contributed by atoms with E-state index in [9.17, 15) is 14.4 Å². The first kappa shape index (κ1) is 46.4. The van der Waals surface area contributed by atoms with E-state index >= 15 is 0 Å². The maximum absolute atomic E-state index is 12.6. The fraction of sp³-hybridized carbons (Fsp3) is 0.929. The van der Waals surface area contributed by atoms with Crippen molar-refractivity contribution in [3.63, 3.8) is 0 Å². The summed E-state index contributed by atoms with van der Waals surface area (Å²) in [6.07, 6.45) is 33.8. The van der Waals surface area contributed by atoms with Gasteiger partial charge in [0.25, 0.3) is 0 Å². The van der Waals surface area contributed by atoms with Crippen LogP contribution in [0, 0.1) is 5.92 Å². The topological polar surface area (TPSA) is 78.9 Å². The fourth-order valence-corrected chi connectivity index (χ4v) is 6.06. The van der Waals surface area contributed by atoms with Gasteiger partial charge in [-0.1, -0.05) is 188 Å². The van der Waals surface area contributed by atoms with Crippen LogP contribution < -0.4 is 0 Å². The third-order valence-corrected chi connectivity index (χ3v) is 9.65. The summed E-state index contributed by atoms with van der Waals surface area (Å²) in [5, 5.41) is 0. The molecule has 0 N–H and O–H groups in total. The lowest BCUT2D eigenvalue weighted by molar-refractivity contribution is -0.167. The molecule has 0 spiro atoms. The van der Waals surface area contributed by atoms with Crippen molar-refractivity contribution in [1.82, 2.24) is 0 Å². The van der Waals surface area contributed by atoms with Crippen LogP contribution in [0.15, 0.2) is 0 Å². The van der Waals surface area contributed by atoms with Gasteiger partial charge in [0.2, 0.25) is 0 Å². The van der Waals surface area contributed by atoms with E-state index in [-0.39, 0.29) is 31.1 Å². The van der Waals surface area contributed by atoms with Gasteiger partial charge in [0.1, 0.15) is 13.2 Å². The number of ether oxygens (including phenoxy) is 3. The van der Waals surface area contributed by atoms with E-state index in [1.807, 2.05) is 0 Å². The second kappa shape index (κ2) is 36.7. The van der Waals surface area contributed by atoms with Crippen molar-refractivity contribution in [3.8, 4) is 0 Å². The monoisotopic (exact) mass is 681 g/mol. The first-order valence-electron chi connectivity index (χ1n) is 20.9. The summed E-state index contributed by atoms with van der Waals surface area (Å²) >= 11 is 0. The molecule has 0 aliphatic heterocycles. The van der Waals surface area contributed by atoms with Crippen molar-refractivity contribution in [3.05, 3.63) is 0 Å². The number of hydrogen-bond acceptors (Lipinski definition) is 6. The Hall–Kier alpha value is -1.59. The molecule has 48 heavy (non-hydrogen) atoms. The maximum atomic E-state index is 12.6. The smallest absolute Gasteiger partial charge is 0.306 e. The normalized spacial score (nSPS) is 12.5. The van der Waals surface area contributed by atoms with Gasteiger partial charge in [-0.05, 0) is 25.2 Å². The molecule has 6 heteroatoms. The molecule has 0 aromatic rings. The lowest BCUT2D eigenvalue weighted by Gasteiger charge is -2.18. The molecule has 1 unspecified atom stereocenters. The molecule has 0 aliphatic rings. The number of carbonyl (C=O) groups excluding carboxylic acids is 3. The molecule has 0 rings (SSSR count). The zero-order valence-electron chi connectivity index (χ0n) is 32.4. The van der Waals surface area contributed by atoms with Gasteiger partial charge in [-0.15, -0.1) is 0 Å². The molecule has 0 fully saturated rings. The highest BCUT2D eigenvalue weighted by molar-refractivity contribution is 5.71. The Labute approximate surface area is 298 Å². The van der Waals surface area contributed by atoms with Gasteiger partial charge in [-0.2, -0.15) is 0 Å². The zero-order chi connectivity index (χ0) is 35.3. The predicted molar refractivity (Wildman–Crippen MR) is 201 cm³/mol. The Kier molecular flexibility index (Phi) is 35.5. The van der Waals surface area contributed by atoms with E-state index in [0.717, 1.165) is 63.7 Å². The Morgan fingerprint density at radius 2 is 0.729 bits per heavy atom. The molecule has 0 aliphatic carbocycles. The van der Waals surface area contributed by atoms with Gasteiger partial charge >= 0.3 is 17.9 Å². The minimum Gasteiger partial charge on any atom is -0.462 e. The number of hydrogen-bond donors (Lipinski definition) is 0. The minimum absolute atomic E-state index is 0.0656. The highest BCUT2D eigenvalue weighted by atomic mass is 16.6. The average molecular weight is 681 g/mol. The third kappa shape index (κ3) is 34.3. The van der Waals surface area contributed by atoms with Crippen molar-refractivity contribution in [2.45, 2.75) is 233 Å². The first-order valence-corrected chi connectivity index (χ1v) is 20.9. The molecule has 2 atom stereocenters. The van der Waals surface area contributed by atoms with Gasteiger partial charge in [0.05, 0.1) is 0 Å². The van der Waals surface area contributed by atoms with E-state index in [1.165, 1.54) is 122 Å². The van der Waals surface area contributed by atoms with Gasteiger partial charge in [-0.25, -0.2) is 0 Å². The van der Waals surface area contributed by atoms with Gasteiger partial charge in [0, 0.05) is 19.3 Å². The lowest BCUT2D eigenvalue weighted by atomic mass is 10.00. The lowest BCUT2D eigenvalue weighted by Crippen LogP contribution is -2.30. The summed E-state index contributed by atoms with van der Waals surface area (Å²) < 4.78 is 16.6. The molecule has 0 saturated heterocycles. The van der Waals surface area contributed by atoms with Gasteiger partial charge in [0.15, 0.2) is 6.10 Å². The van der Waals surface area contributed by atoms with Crippen LogP contribution in [0.2, 0.25) is 0 Å². The highest BCUT2D eigenvalue weighted by Gasteiger charge is 2.19. The Morgan fingerprint density at radius 3 is 1.08 bits per heavy atom. The van der Waals surface area contributed by atoms with Crippen LogP contribution in [-0.4, -0.2) is 37.2 Å². The molecule has 6 nitrogen and oxygen atoms in total. The molecule has 0 saturated carbocycles. The SMILES string of the molecule is CCCCCCCCCCCCCCCC(=O)OC[C@@H](COC(=O)CCCCCCCCC)OC(=O)CCCCCCCCC(C)CC. The summed E-state index contributed by atoms with van der Waals surface area (Å²) in [5.41, 5.74) is 0. The average Bonchev–Trinajstić information content (AvgIpc) is 3.08. The Balaban J connectivity index is 4.30. The fourth-order valence-electron chi connectivity index (χ4n) is 6.06. The van der Waals surface area contributed by atoms with Crippen molar-refractivity contribution in [1.29, 1.82) is 0 Å². The van der Waals surface area contributed by atoms with Crippen LogP contribution in [-0.2, 0) is 28.6 Å². The molecular formula is C42H80O6. The van der Waals surface area contributed by atoms with Crippen molar-refractivity contribution in [2.75, 3.05) is 13.2 Å². The minimum atomic E-state index is -0.758. The standard InChI is InChI=1S/C42H80O6/c1-5-8-10-12-14-15-16-17-18-19-21-26-30-34-41(44)47-37-39(36-46-40(43)33-29-25-20-13-11-9-6-2)48-42(45)35-31-27-23-22-24-28-32-38(4)7-3/h38-39H,5-37H2,1-4H3/t38?,39-/m1/s1. The van der Waals surface area contributed by atoms with Crippen LogP contribution in [0.25, 0.3) is 0 Å². The molecule has 0 aromatic heterocycles. The molecular weight excluding hydrogens is 600 g/mol. The van der Waals surface area contributed by atoms with E-state index < -0.39 is 6.10 Å². The van der Waals surface area contributed by atoms with Crippen molar-refractivity contribution >= 4 is 17.9 Å². The van der Waals surface area contributed by atoms with Crippen LogP contribution in [0.4, 0.5) is 0 Å². The second-order valence-corrected chi connectivity index (χ2v) is 14.5. The van der Waals surface area contributed by atoms with Crippen LogP contribution in [0.1, 0.15) is 227 Å². The third-order valence-electron chi connectivity index (χ3n) is 9.65. The number of unbranched alkanes of at least 4 members (excludes halogenated alkanes) is 23. The summed E-state index contributed by atoms with van der Waals surface area (Å²) in [5.74, 6) is -0.0590. The zero-order valence-corrected chi connectivity index (χ0v) is 32.4.